The molecule has 1 aromatic heterocycles. The van der Waals surface area contributed by atoms with Gasteiger partial charge in [0.15, 0.2) is 0 Å². The van der Waals surface area contributed by atoms with Crippen molar-refractivity contribution in [2.24, 2.45) is 17.8 Å². The molecule has 1 aromatic carbocycles. The normalized spacial score (nSPS) is 27.6. The van der Waals surface area contributed by atoms with Crippen LogP contribution in [0.1, 0.15) is 35.2 Å². The Morgan fingerprint density at radius 3 is 2.74 bits per heavy atom. The van der Waals surface area contributed by atoms with Crippen molar-refractivity contribution >= 4 is 41.6 Å². The summed E-state index contributed by atoms with van der Waals surface area (Å²) >= 11 is 0. The largest absolute Gasteiger partial charge is 0.363 e. The van der Waals surface area contributed by atoms with Gasteiger partial charge in [-0.3, -0.25) is 14.5 Å². The van der Waals surface area contributed by atoms with Gasteiger partial charge in [-0.1, -0.05) is 6.07 Å². The third kappa shape index (κ3) is 3.90. The Kier molecular flexibility index (Phi) is 5.15. The average molecular weight is 439 g/mol. The molecule has 6 nitrogen and oxygen atoms in total. The summed E-state index contributed by atoms with van der Waals surface area (Å²) in [6.45, 7) is 4.15. The first-order chi connectivity index (χ1) is 14.6. The zero-order valence-electron chi connectivity index (χ0n) is 17.3. The SMILES string of the molecule is Cl.O=C1Nc2ccc(CC3CCNC3=O)cc2C1=Cc1c[nH]c(CN2C[C@H]3C[C@H]3C2)c1. The number of carbonyl (C=O) groups excluding carboxylic acids is 2. The number of likely N-dealkylation sites (tertiary alicyclic amines) is 1. The number of halogens is 1. The number of anilines is 1. The van der Waals surface area contributed by atoms with Gasteiger partial charge in [-0.05, 0) is 66.5 Å². The predicted molar refractivity (Wildman–Crippen MR) is 123 cm³/mol. The average Bonchev–Trinajstić information content (AvgIpc) is 3.13. The standard InChI is InChI=1S/C24H26N4O2.ClH/c29-23-16(3-4-25-23)5-14-1-2-22-20(7-14)21(24(30)27-22)8-15-6-19(26-10-15)13-28-11-17-9-18(17)12-28;/h1-2,6-8,10,16-18,26H,3-5,9,11-13H2,(H,25,29)(H,27,30);1H/t16?,17-,18+;. The molecule has 31 heavy (non-hydrogen) atoms. The molecule has 3 atom stereocenters. The molecule has 4 aliphatic rings. The lowest BCUT2D eigenvalue weighted by Gasteiger charge is -2.15. The van der Waals surface area contributed by atoms with Crippen LogP contribution in [0.5, 0.6) is 0 Å². The lowest BCUT2D eigenvalue weighted by molar-refractivity contribution is -0.122. The molecule has 162 valence electrons. The highest BCUT2D eigenvalue weighted by molar-refractivity contribution is 6.34. The Bertz CT molecular complexity index is 1070. The van der Waals surface area contributed by atoms with Crippen molar-refractivity contribution < 1.29 is 9.59 Å². The number of piperidine rings is 1. The Balaban J connectivity index is 0.00000204. The molecule has 0 spiro atoms. The summed E-state index contributed by atoms with van der Waals surface area (Å²) in [7, 11) is 0. The van der Waals surface area contributed by atoms with E-state index in [1.54, 1.807) is 0 Å². The molecule has 2 saturated heterocycles. The van der Waals surface area contributed by atoms with Gasteiger partial charge in [0.25, 0.3) is 5.91 Å². The Morgan fingerprint density at radius 1 is 1.13 bits per heavy atom. The second-order valence-corrected chi connectivity index (χ2v) is 9.28. The molecule has 3 fully saturated rings. The summed E-state index contributed by atoms with van der Waals surface area (Å²) in [5.41, 5.74) is 5.78. The Labute approximate surface area is 187 Å². The van der Waals surface area contributed by atoms with Gasteiger partial charge in [0.2, 0.25) is 5.91 Å². The van der Waals surface area contributed by atoms with E-state index in [0.29, 0.717) is 12.0 Å². The van der Waals surface area contributed by atoms with Crippen LogP contribution < -0.4 is 10.6 Å². The number of rotatable bonds is 5. The molecule has 0 bridgehead atoms. The molecular formula is C24H27ClN4O2. The minimum Gasteiger partial charge on any atom is -0.363 e. The molecule has 1 aliphatic carbocycles. The van der Waals surface area contributed by atoms with Crippen LogP contribution in [0, 0.1) is 17.8 Å². The molecule has 3 aliphatic heterocycles. The number of hydrogen-bond donors (Lipinski definition) is 3. The van der Waals surface area contributed by atoms with Gasteiger partial charge in [-0.25, -0.2) is 0 Å². The summed E-state index contributed by atoms with van der Waals surface area (Å²) < 4.78 is 0. The second kappa shape index (κ2) is 7.84. The predicted octanol–water partition coefficient (Wildman–Crippen LogP) is 3.06. The topological polar surface area (TPSA) is 77.2 Å². The number of amides is 2. The van der Waals surface area contributed by atoms with Crippen molar-refractivity contribution in [3.05, 3.63) is 52.8 Å². The van der Waals surface area contributed by atoms with E-state index in [0.717, 1.165) is 53.7 Å². The van der Waals surface area contributed by atoms with E-state index in [2.05, 4.69) is 32.7 Å². The molecule has 0 radical (unpaired) electrons. The van der Waals surface area contributed by atoms with Gasteiger partial charge < -0.3 is 15.6 Å². The number of carbonyl (C=O) groups is 2. The third-order valence-corrected chi connectivity index (χ3v) is 7.04. The molecule has 1 unspecified atom stereocenters. The molecule has 4 heterocycles. The van der Waals surface area contributed by atoms with E-state index in [1.165, 1.54) is 25.2 Å². The third-order valence-electron chi connectivity index (χ3n) is 7.04. The fourth-order valence-electron chi connectivity index (χ4n) is 5.30. The van der Waals surface area contributed by atoms with Crippen LogP contribution in [-0.2, 0) is 22.6 Å². The smallest absolute Gasteiger partial charge is 0.256 e. The van der Waals surface area contributed by atoms with Crippen LogP contribution in [0.25, 0.3) is 11.6 Å². The lowest BCUT2D eigenvalue weighted by Crippen LogP contribution is -2.22. The van der Waals surface area contributed by atoms with Gasteiger partial charge in [0.1, 0.15) is 0 Å². The summed E-state index contributed by atoms with van der Waals surface area (Å²) in [4.78, 5) is 30.4. The number of aromatic amines is 1. The molecular weight excluding hydrogens is 412 g/mol. The Morgan fingerprint density at radius 2 is 1.97 bits per heavy atom. The van der Waals surface area contributed by atoms with Crippen molar-refractivity contribution in [1.82, 2.24) is 15.2 Å². The van der Waals surface area contributed by atoms with Gasteiger partial charge >= 0.3 is 0 Å². The van der Waals surface area contributed by atoms with E-state index in [9.17, 15) is 9.59 Å². The van der Waals surface area contributed by atoms with Gasteiger partial charge in [-0.2, -0.15) is 0 Å². The van der Waals surface area contributed by atoms with Crippen LogP contribution in [-0.4, -0.2) is 41.3 Å². The molecule has 1 saturated carbocycles. The second-order valence-electron chi connectivity index (χ2n) is 9.28. The number of nitrogens with one attached hydrogen (secondary N) is 3. The first-order valence-corrected chi connectivity index (χ1v) is 11.0. The van der Waals surface area contributed by atoms with E-state index in [1.807, 2.05) is 24.4 Å². The van der Waals surface area contributed by atoms with Crippen molar-refractivity contribution in [3.63, 3.8) is 0 Å². The molecule has 7 heteroatoms. The number of fused-ring (bicyclic) bond motifs is 2. The monoisotopic (exact) mass is 438 g/mol. The Hall–Kier alpha value is -2.57. The maximum atomic E-state index is 12.6. The molecule has 2 amide bonds. The molecule has 3 N–H and O–H groups in total. The molecule has 2 aromatic rings. The number of nitrogens with zero attached hydrogens (tertiary/aromatic N) is 1. The maximum absolute atomic E-state index is 12.6. The lowest BCUT2D eigenvalue weighted by atomic mass is 9.95. The maximum Gasteiger partial charge on any atom is 0.256 e. The zero-order chi connectivity index (χ0) is 20.2. The highest BCUT2D eigenvalue weighted by Crippen LogP contribution is 2.45. The van der Waals surface area contributed by atoms with Crippen molar-refractivity contribution in [1.29, 1.82) is 0 Å². The first kappa shape index (κ1) is 20.3. The fraction of sp³-hybridized carbons (Fsp3) is 0.417. The van der Waals surface area contributed by atoms with Crippen LogP contribution in [0.15, 0.2) is 30.5 Å². The van der Waals surface area contributed by atoms with Crippen LogP contribution in [0.3, 0.4) is 0 Å². The minimum absolute atomic E-state index is 0. The van der Waals surface area contributed by atoms with Gasteiger partial charge in [0.05, 0.1) is 0 Å². The summed E-state index contributed by atoms with van der Waals surface area (Å²) in [6.07, 6.45) is 6.96. The van der Waals surface area contributed by atoms with Gasteiger partial charge in [-0.15, -0.1) is 12.4 Å². The van der Waals surface area contributed by atoms with Crippen molar-refractivity contribution in [2.75, 3.05) is 25.0 Å². The minimum atomic E-state index is -0.0665. The van der Waals surface area contributed by atoms with E-state index < -0.39 is 0 Å². The van der Waals surface area contributed by atoms with Crippen LogP contribution in [0.4, 0.5) is 5.69 Å². The number of H-pyrrole nitrogens is 1. The zero-order valence-corrected chi connectivity index (χ0v) is 18.1. The summed E-state index contributed by atoms with van der Waals surface area (Å²) in [6, 6.07) is 8.18. The first-order valence-electron chi connectivity index (χ1n) is 11.0. The van der Waals surface area contributed by atoms with E-state index in [-0.39, 0.29) is 30.1 Å². The van der Waals surface area contributed by atoms with Gasteiger partial charge in [0, 0.05) is 60.8 Å². The highest BCUT2D eigenvalue weighted by atomic mass is 35.5. The van der Waals surface area contributed by atoms with Crippen LogP contribution in [0.2, 0.25) is 0 Å². The quantitative estimate of drug-likeness (QED) is 0.628. The summed E-state index contributed by atoms with van der Waals surface area (Å²) in [5.74, 6) is 1.97. The molecule has 6 rings (SSSR count). The fourth-order valence-corrected chi connectivity index (χ4v) is 5.30. The van der Waals surface area contributed by atoms with Crippen LogP contribution >= 0.6 is 12.4 Å². The number of hydrogen-bond acceptors (Lipinski definition) is 3. The highest BCUT2D eigenvalue weighted by Gasteiger charge is 2.44. The van der Waals surface area contributed by atoms with E-state index in [4.69, 9.17) is 0 Å². The number of benzene rings is 1. The number of aromatic nitrogens is 1. The summed E-state index contributed by atoms with van der Waals surface area (Å²) in [5, 5.41) is 5.87. The van der Waals surface area contributed by atoms with E-state index >= 15 is 0 Å². The van der Waals surface area contributed by atoms with Crippen molar-refractivity contribution in [2.45, 2.75) is 25.8 Å². The van der Waals surface area contributed by atoms with Crippen molar-refractivity contribution in [3.8, 4) is 0 Å².